The van der Waals surface area contributed by atoms with Gasteiger partial charge in [-0.15, -0.1) is 0 Å². The lowest BCUT2D eigenvalue weighted by Crippen LogP contribution is -2.27. The second-order valence-corrected chi connectivity index (χ2v) is 8.10. The van der Waals surface area contributed by atoms with Gasteiger partial charge in [0.25, 0.3) is 5.91 Å². The van der Waals surface area contributed by atoms with E-state index in [1.807, 2.05) is 35.0 Å². The normalized spacial score (nSPS) is 11.5. The molecule has 27 heavy (non-hydrogen) atoms. The van der Waals surface area contributed by atoms with Crippen molar-refractivity contribution in [2.24, 2.45) is 0 Å². The molecule has 1 aromatic heterocycles. The molecule has 1 heterocycles. The molecule has 6 nitrogen and oxygen atoms in total. The van der Waals surface area contributed by atoms with E-state index < -0.39 is 0 Å². The van der Waals surface area contributed by atoms with Crippen molar-refractivity contribution in [3.63, 3.8) is 0 Å². The first-order valence-electron chi connectivity index (χ1n) is 9.29. The maximum Gasteiger partial charge on any atom is 0.272 e. The Bertz CT molecular complexity index is 799. The third-order valence-corrected chi connectivity index (χ3v) is 4.21. The highest BCUT2D eigenvalue weighted by Gasteiger charge is 2.23. The Morgan fingerprint density at radius 2 is 1.56 bits per heavy atom. The summed E-state index contributed by atoms with van der Waals surface area (Å²) in [7, 11) is 0. The highest BCUT2D eigenvalue weighted by molar-refractivity contribution is 5.92. The number of nitrogens with one attached hydrogen (secondary N) is 2. The zero-order valence-electron chi connectivity index (χ0n) is 17.1. The van der Waals surface area contributed by atoms with Gasteiger partial charge in [0, 0.05) is 25.7 Å². The van der Waals surface area contributed by atoms with Crippen molar-refractivity contribution in [3.05, 3.63) is 52.8 Å². The molecule has 2 rings (SSSR count). The van der Waals surface area contributed by atoms with Crippen LogP contribution >= 0.6 is 0 Å². The summed E-state index contributed by atoms with van der Waals surface area (Å²) in [5.41, 5.74) is 3.33. The quantitative estimate of drug-likeness (QED) is 0.819. The second-order valence-electron chi connectivity index (χ2n) is 8.10. The van der Waals surface area contributed by atoms with Crippen LogP contribution in [0, 0.1) is 0 Å². The van der Waals surface area contributed by atoms with Crippen LogP contribution in [-0.4, -0.2) is 21.6 Å². The molecule has 0 saturated heterocycles. The van der Waals surface area contributed by atoms with E-state index in [0.29, 0.717) is 18.8 Å². The number of benzene rings is 1. The summed E-state index contributed by atoms with van der Waals surface area (Å²) in [5, 5.41) is 10.2. The van der Waals surface area contributed by atoms with E-state index in [-0.39, 0.29) is 23.3 Å². The average Bonchev–Trinajstić information content (AvgIpc) is 3.05. The largest absolute Gasteiger partial charge is 0.352 e. The van der Waals surface area contributed by atoms with E-state index in [9.17, 15) is 9.59 Å². The van der Waals surface area contributed by atoms with Gasteiger partial charge >= 0.3 is 0 Å². The molecule has 2 N–H and O–H groups in total. The summed E-state index contributed by atoms with van der Waals surface area (Å²) in [6.45, 7) is 12.9. The van der Waals surface area contributed by atoms with E-state index >= 15 is 0 Å². The molecule has 2 amide bonds. The van der Waals surface area contributed by atoms with Crippen molar-refractivity contribution in [3.8, 4) is 0 Å². The predicted octanol–water partition coefficient (Wildman–Crippen LogP) is 3.33. The molecule has 0 atom stereocenters. The Labute approximate surface area is 161 Å². The lowest BCUT2D eigenvalue weighted by molar-refractivity contribution is -0.119. The number of nitrogens with zero attached hydrogens (tertiary/aromatic N) is 2. The summed E-state index contributed by atoms with van der Waals surface area (Å²) in [6, 6.07) is 9.67. The van der Waals surface area contributed by atoms with E-state index in [1.54, 1.807) is 0 Å². The predicted molar refractivity (Wildman–Crippen MR) is 106 cm³/mol. The highest BCUT2D eigenvalue weighted by atomic mass is 16.2. The first kappa shape index (κ1) is 20.7. The van der Waals surface area contributed by atoms with E-state index in [4.69, 9.17) is 0 Å². The topological polar surface area (TPSA) is 76.0 Å². The SMILES string of the molecule is CC(=O)NCc1ccc(CNC(=O)c2cc(C(C)C)n(C(C)(C)C)n2)cc1. The molecule has 0 aliphatic rings. The van der Waals surface area contributed by atoms with Gasteiger partial charge in [-0.3, -0.25) is 14.3 Å². The van der Waals surface area contributed by atoms with Gasteiger partial charge in [-0.1, -0.05) is 38.1 Å². The van der Waals surface area contributed by atoms with E-state index in [2.05, 4.69) is 50.4 Å². The Kier molecular flexibility index (Phi) is 6.41. The van der Waals surface area contributed by atoms with E-state index in [0.717, 1.165) is 16.8 Å². The summed E-state index contributed by atoms with van der Waals surface area (Å²) in [5.74, 6) is 0.0541. The van der Waals surface area contributed by atoms with Crippen molar-refractivity contribution < 1.29 is 9.59 Å². The third-order valence-electron chi connectivity index (χ3n) is 4.21. The lowest BCUT2D eigenvalue weighted by Gasteiger charge is -2.23. The summed E-state index contributed by atoms with van der Waals surface area (Å²) in [4.78, 5) is 23.5. The molecule has 6 heteroatoms. The lowest BCUT2D eigenvalue weighted by atomic mass is 10.1. The van der Waals surface area contributed by atoms with Gasteiger partial charge in [0.15, 0.2) is 0 Å². The third kappa shape index (κ3) is 5.67. The zero-order valence-corrected chi connectivity index (χ0v) is 17.1. The Hall–Kier alpha value is -2.63. The molecule has 0 unspecified atom stereocenters. The number of hydrogen-bond donors (Lipinski definition) is 2. The number of amides is 2. The van der Waals surface area contributed by atoms with Crippen molar-refractivity contribution in [1.82, 2.24) is 20.4 Å². The van der Waals surface area contributed by atoms with Crippen LogP contribution in [0.15, 0.2) is 30.3 Å². The van der Waals surface area contributed by atoms with Crippen LogP contribution in [0.2, 0.25) is 0 Å². The fourth-order valence-electron chi connectivity index (χ4n) is 2.73. The van der Waals surface area contributed by atoms with Gasteiger partial charge in [-0.05, 0) is 43.9 Å². The number of hydrogen-bond acceptors (Lipinski definition) is 3. The maximum absolute atomic E-state index is 12.5. The first-order chi connectivity index (χ1) is 12.6. The fourth-order valence-corrected chi connectivity index (χ4v) is 2.73. The molecule has 1 aromatic carbocycles. The molecule has 0 aliphatic heterocycles. The summed E-state index contributed by atoms with van der Waals surface area (Å²) in [6.07, 6.45) is 0. The van der Waals surface area contributed by atoms with Gasteiger partial charge in [-0.2, -0.15) is 5.10 Å². The Morgan fingerprint density at radius 3 is 1.96 bits per heavy atom. The number of carbonyl (C=O) groups is 2. The van der Waals surface area contributed by atoms with Crippen LogP contribution < -0.4 is 10.6 Å². The van der Waals surface area contributed by atoms with E-state index in [1.165, 1.54) is 6.92 Å². The summed E-state index contributed by atoms with van der Waals surface area (Å²) < 4.78 is 1.93. The molecule has 0 aliphatic carbocycles. The minimum absolute atomic E-state index is 0.0539. The molecule has 0 radical (unpaired) electrons. The van der Waals surface area contributed by atoms with Crippen molar-refractivity contribution >= 4 is 11.8 Å². The van der Waals surface area contributed by atoms with Gasteiger partial charge in [-0.25, -0.2) is 0 Å². The molecule has 146 valence electrons. The monoisotopic (exact) mass is 370 g/mol. The zero-order chi connectivity index (χ0) is 20.2. The van der Waals surface area contributed by atoms with Crippen LogP contribution in [0.1, 0.15) is 74.8 Å². The fraction of sp³-hybridized carbons (Fsp3) is 0.476. The molecule has 0 fully saturated rings. The van der Waals surface area contributed by atoms with Gasteiger partial charge < -0.3 is 10.6 Å². The first-order valence-corrected chi connectivity index (χ1v) is 9.29. The molecule has 0 saturated carbocycles. The van der Waals surface area contributed by atoms with Crippen molar-refractivity contribution in [2.75, 3.05) is 0 Å². The molecular formula is C21H30N4O2. The minimum Gasteiger partial charge on any atom is -0.352 e. The highest BCUT2D eigenvalue weighted by Crippen LogP contribution is 2.23. The minimum atomic E-state index is -0.179. The smallest absolute Gasteiger partial charge is 0.272 e. The summed E-state index contributed by atoms with van der Waals surface area (Å²) >= 11 is 0. The number of carbonyl (C=O) groups excluding carboxylic acids is 2. The maximum atomic E-state index is 12.5. The average molecular weight is 370 g/mol. The Morgan fingerprint density at radius 1 is 1.04 bits per heavy atom. The van der Waals surface area contributed by atoms with Gasteiger partial charge in [0.1, 0.15) is 5.69 Å². The number of aromatic nitrogens is 2. The standard InChI is InChI=1S/C21H30N4O2/c1-14(2)19-11-18(24-25(19)21(4,5)6)20(27)23-13-17-9-7-16(8-10-17)12-22-15(3)26/h7-11,14H,12-13H2,1-6H3,(H,22,26)(H,23,27). The number of rotatable bonds is 6. The van der Waals surface area contributed by atoms with Crippen LogP contribution in [0.4, 0.5) is 0 Å². The molecular weight excluding hydrogens is 340 g/mol. The molecule has 0 bridgehead atoms. The van der Waals surface area contributed by atoms with Crippen molar-refractivity contribution in [1.29, 1.82) is 0 Å². The molecule has 2 aromatic rings. The molecule has 0 spiro atoms. The van der Waals surface area contributed by atoms with Crippen LogP contribution in [0.5, 0.6) is 0 Å². The van der Waals surface area contributed by atoms with Gasteiger partial charge in [0.05, 0.1) is 5.54 Å². The van der Waals surface area contributed by atoms with Crippen molar-refractivity contribution in [2.45, 2.75) is 66.1 Å². The van der Waals surface area contributed by atoms with Crippen LogP contribution in [0.3, 0.4) is 0 Å². The Balaban J connectivity index is 2.02. The van der Waals surface area contributed by atoms with Gasteiger partial charge in [0.2, 0.25) is 5.91 Å². The van der Waals surface area contributed by atoms with Crippen LogP contribution in [-0.2, 0) is 23.4 Å². The van der Waals surface area contributed by atoms with Crippen LogP contribution in [0.25, 0.3) is 0 Å². The second kappa shape index (κ2) is 8.37.